The van der Waals surface area contributed by atoms with E-state index in [1.165, 1.54) is 67.7 Å². The average Bonchev–Trinajstić information content (AvgIpc) is 2.68. The molecule has 3 heteroatoms. The van der Waals surface area contributed by atoms with Gasteiger partial charge in [0.1, 0.15) is 5.75 Å². The van der Waals surface area contributed by atoms with Gasteiger partial charge in [-0.15, -0.1) is 0 Å². The van der Waals surface area contributed by atoms with Gasteiger partial charge in [-0.25, -0.2) is 0 Å². The van der Waals surface area contributed by atoms with Crippen LogP contribution in [0.4, 0.5) is 0 Å². The summed E-state index contributed by atoms with van der Waals surface area (Å²) < 4.78 is 5.57. The Morgan fingerprint density at radius 3 is 2.22 bits per heavy atom. The maximum atomic E-state index is 5.57. The van der Waals surface area contributed by atoms with Gasteiger partial charge < -0.3 is 11.2 Å². The van der Waals surface area contributed by atoms with E-state index in [1.54, 1.807) is 0 Å². The minimum absolute atomic E-state index is 0. The largest absolute Gasteiger partial charge is 1.00 e. The Hall–Kier alpha value is 0.395. The van der Waals surface area contributed by atoms with Crippen molar-refractivity contribution < 1.29 is 62.9 Å². The zero-order chi connectivity index (χ0) is 17.9. The summed E-state index contributed by atoms with van der Waals surface area (Å²) in [7, 11) is 0. The fourth-order valence-electron chi connectivity index (χ4n) is 5.07. The van der Waals surface area contributed by atoms with Gasteiger partial charge in [-0.3, -0.25) is 0 Å². The quantitative estimate of drug-likeness (QED) is 0.511. The van der Waals surface area contributed by atoms with Gasteiger partial charge in [0.15, 0.2) is 5.05 Å². The van der Waals surface area contributed by atoms with Gasteiger partial charge >= 0.3 is 58.2 Å². The summed E-state index contributed by atoms with van der Waals surface area (Å²) >= 11 is 5.04. The molecule has 27 heavy (non-hydrogen) atoms. The Kier molecular flexibility index (Phi) is 8.53. The average molecular weight is 451 g/mol. The first-order valence-corrected chi connectivity index (χ1v) is 10.6. The summed E-state index contributed by atoms with van der Waals surface area (Å²) in [6.45, 7) is 1.81. The Balaban J connectivity index is 0.00000210. The van der Waals surface area contributed by atoms with E-state index < -0.39 is 0 Å². The molecule has 4 rings (SSSR count). The molecule has 0 saturated heterocycles. The first kappa shape index (κ1) is 22.1. The summed E-state index contributed by atoms with van der Waals surface area (Å²) in [4.78, 5) is 0. The number of benzene rings is 2. The third-order valence-electron chi connectivity index (χ3n) is 6.49. The number of hydrogen-bond donors (Lipinski definition) is 0. The van der Waals surface area contributed by atoms with Crippen LogP contribution >= 0.6 is 12.2 Å². The van der Waals surface area contributed by atoms with Gasteiger partial charge in [0.2, 0.25) is 0 Å². The molecular formula is C24H29ORbS. The predicted octanol–water partition coefficient (Wildman–Crippen LogP) is 4.24. The molecule has 2 aliphatic rings. The summed E-state index contributed by atoms with van der Waals surface area (Å²) in [5.74, 6) is 3.56. The van der Waals surface area contributed by atoms with Crippen LogP contribution in [0.25, 0.3) is 10.8 Å². The van der Waals surface area contributed by atoms with Crippen LogP contribution in [0.5, 0.6) is 5.75 Å². The van der Waals surface area contributed by atoms with Gasteiger partial charge in [-0.2, -0.15) is 12.8 Å². The van der Waals surface area contributed by atoms with Gasteiger partial charge in [-0.05, 0) is 84.1 Å². The maximum absolute atomic E-state index is 5.57. The molecule has 0 atom stereocenters. The predicted molar refractivity (Wildman–Crippen MR) is 114 cm³/mol. The molecule has 0 bridgehead atoms. The minimum atomic E-state index is 0. The van der Waals surface area contributed by atoms with Crippen molar-refractivity contribution in [1.82, 2.24) is 0 Å². The molecule has 2 aromatic carbocycles. The smallest absolute Gasteiger partial charge is 0.451 e. The molecule has 0 amide bonds. The standard InChI is InChI=1S/C24H29OS.Rb/c1-17(26)25-24-14-13-22-15-21(11-12-23(22)16-24)20-9-7-19(8-10-20)18-5-3-2-4-6-18;/h2,11-16,18-20H,3-10H2,1H3;/q-1;+1. The van der Waals surface area contributed by atoms with Crippen LogP contribution in [0.2, 0.25) is 0 Å². The summed E-state index contributed by atoms with van der Waals surface area (Å²) in [6.07, 6.45) is 13.6. The Labute approximate surface area is 218 Å². The van der Waals surface area contributed by atoms with Crippen molar-refractivity contribution in [3.8, 4) is 5.75 Å². The summed E-state index contributed by atoms with van der Waals surface area (Å²) in [5.41, 5.74) is 1.52. The second kappa shape index (κ2) is 10.4. The molecule has 0 heterocycles. The molecule has 0 unspecified atom stereocenters. The van der Waals surface area contributed by atoms with E-state index in [0.29, 0.717) is 5.05 Å². The Morgan fingerprint density at radius 1 is 0.889 bits per heavy atom. The van der Waals surface area contributed by atoms with Crippen LogP contribution in [0, 0.1) is 18.3 Å². The van der Waals surface area contributed by atoms with E-state index in [9.17, 15) is 0 Å². The fraction of sp³-hybridized carbons (Fsp3) is 0.500. The minimum Gasteiger partial charge on any atom is -0.451 e. The molecule has 2 fully saturated rings. The number of hydrogen-bond acceptors (Lipinski definition) is 2. The molecule has 0 N–H and O–H groups in total. The monoisotopic (exact) mass is 450 g/mol. The van der Waals surface area contributed by atoms with Gasteiger partial charge in [-0.1, -0.05) is 37.1 Å². The van der Waals surface area contributed by atoms with Crippen LogP contribution in [0.3, 0.4) is 0 Å². The van der Waals surface area contributed by atoms with Crippen molar-refractivity contribution in [3.05, 3.63) is 48.4 Å². The fourth-order valence-corrected chi connectivity index (χ4v) is 5.17. The third-order valence-corrected chi connectivity index (χ3v) is 6.57. The van der Waals surface area contributed by atoms with Crippen molar-refractivity contribution in [3.63, 3.8) is 0 Å². The van der Waals surface area contributed by atoms with E-state index >= 15 is 0 Å². The second-order valence-electron chi connectivity index (χ2n) is 8.18. The zero-order valence-electron chi connectivity index (χ0n) is 16.7. The molecule has 2 aliphatic carbocycles. The van der Waals surface area contributed by atoms with Gasteiger partial charge in [0.25, 0.3) is 0 Å². The number of rotatable bonds is 3. The van der Waals surface area contributed by atoms with Crippen LogP contribution in [-0.4, -0.2) is 5.05 Å². The van der Waals surface area contributed by atoms with E-state index in [2.05, 4.69) is 36.8 Å². The van der Waals surface area contributed by atoms with Crippen LogP contribution in [-0.2, 0) is 0 Å². The van der Waals surface area contributed by atoms with Gasteiger partial charge in [0, 0.05) is 6.92 Å². The third kappa shape index (κ3) is 5.72. The first-order chi connectivity index (χ1) is 12.7. The Bertz CT molecular complexity index is 773. The van der Waals surface area contributed by atoms with Gasteiger partial charge in [0.05, 0.1) is 0 Å². The number of fused-ring (bicyclic) bond motifs is 1. The number of ether oxygens (including phenoxy) is 1. The molecule has 2 saturated carbocycles. The van der Waals surface area contributed by atoms with Crippen molar-refractivity contribution in [2.45, 2.75) is 64.2 Å². The van der Waals surface area contributed by atoms with Crippen molar-refractivity contribution in [2.75, 3.05) is 0 Å². The Morgan fingerprint density at radius 2 is 1.52 bits per heavy atom. The molecule has 1 nitrogen and oxygen atoms in total. The summed E-state index contributed by atoms with van der Waals surface area (Å²) in [5, 5.41) is 3.10. The molecular weight excluding hydrogens is 422 g/mol. The first-order valence-electron chi connectivity index (χ1n) is 10.2. The van der Waals surface area contributed by atoms with E-state index in [-0.39, 0.29) is 58.2 Å². The van der Waals surface area contributed by atoms with Crippen LogP contribution < -0.4 is 62.9 Å². The zero-order valence-corrected chi connectivity index (χ0v) is 22.5. The molecule has 0 aromatic heterocycles. The topological polar surface area (TPSA) is 9.23 Å². The summed E-state index contributed by atoms with van der Waals surface area (Å²) in [6, 6.07) is 13.3. The van der Waals surface area contributed by atoms with Crippen molar-refractivity contribution in [2.24, 2.45) is 11.8 Å². The molecule has 0 aliphatic heterocycles. The van der Waals surface area contributed by atoms with E-state index in [4.69, 9.17) is 17.0 Å². The molecule has 138 valence electrons. The number of thiocarbonyl (C=S) groups is 1. The molecule has 0 radical (unpaired) electrons. The second-order valence-corrected chi connectivity index (χ2v) is 8.75. The van der Waals surface area contributed by atoms with E-state index in [0.717, 1.165) is 23.5 Å². The molecule has 0 spiro atoms. The van der Waals surface area contributed by atoms with Crippen LogP contribution in [0.1, 0.15) is 69.8 Å². The van der Waals surface area contributed by atoms with Crippen LogP contribution in [0.15, 0.2) is 36.4 Å². The molecule has 2 aromatic rings. The van der Waals surface area contributed by atoms with Crippen molar-refractivity contribution >= 4 is 28.0 Å². The van der Waals surface area contributed by atoms with E-state index in [1.807, 2.05) is 13.0 Å². The SMILES string of the molecule is CC(=S)Oc1ccc2cc(C3CCC(C4CC[CH-]CC4)CC3)ccc2c1.[Rb+]. The van der Waals surface area contributed by atoms with Crippen molar-refractivity contribution in [1.29, 1.82) is 0 Å². The maximum Gasteiger partial charge on any atom is 1.00 e. The normalized spacial score (nSPS) is 23.6.